The number of nitrogens with two attached hydrogens (primary N) is 1. The number of anilines is 1. The van der Waals surface area contributed by atoms with Crippen LogP contribution in [0.2, 0.25) is 0 Å². The predicted octanol–water partition coefficient (Wildman–Crippen LogP) is 3.26. The van der Waals surface area contributed by atoms with Crippen molar-refractivity contribution >= 4 is 11.5 Å². The van der Waals surface area contributed by atoms with Gasteiger partial charge >= 0.3 is 0 Å². The van der Waals surface area contributed by atoms with Crippen molar-refractivity contribution in [1.82, 2.24) is 0 Å². The van der Waals surface area contributed by atoms with Gasteiger partial charge in [0.25, 0.3) is 0 Å². The molecular weight excluding hydrogens is 229 g/mol. The molecule has 0 saturated heterocycles. The smallest absolute Gasteiger partial charge is 0.195 e. The second kappa shape index (κ2) is 4.61. The Bertz CT molecular complexity index is 620. The topological polar surface area (TPSA) is 43.1 Å². The lowest BCUT2D eigenvalue weighted by molar-refractivity contribution is 0.103. The summed E-state index contributed by atoms with van der Waals surface area (Å²) in [4.78, 5) is 12.2. The Balaban J connectivity index is 2.47. The summed E-state index contributed by atoms with van der Waals surface area (Å²) in [6.45, 7) is 3.54. The van der Waals surface area contributed by atoms with Crippen LogP contribution in [0.5, 0.6) is 0 Å². The van der Waals surface area contributed by atoms with E-state index in [2.05, 4.69) is 0 Å². The molecule has 0 bridgehead atoms. The summed E-state index contributed by atoms with van der Waals surface area (Å²) in [5, 5.41) is 0. The molecular formula is C15H14FNO. The molecule has 2 nitrogen and oxygen atoms in total. The minimum absolute atomic E-state index is 0.255. The number of carbonyl (C=O) groups excluding carboxylic acids is 1. The van der Waals surface area contributed by atoms with Crippen molar-refractivity contribution in [2.75, 3.05) is 5.73 Å². The van der Waals surface area contributed by atoms with Crippen molar-refractivity contribution in [3.05, 3.63) is 64.5 Å². The molecule has 0 aliphatic rings. The molecule has 2 rings (SSSR count). The molecule has 0 aromatic heterocycles. The molecule has 18 heavy (non-hydrogen) atoms. The zero-order chi connectivity index (χ0) is 13.3. The van der Waals surface area contributed by atoms with Crippen LogP contribution in [0, 0.1) is 19.7 Å². The van der Waals surface area contributed by atoms with Crippen molar-refractivity contribution in [3.8, 4) is 0 Å². The van der Waals surface area contributed by atoms with Gasteiger partial charge in [0, 0.05) is 16.8 Å². The van der Waals surface area contributed by atoms with Gasteiger partial charge in [-0.2, -0.15) is 0 Å². The van der Waals surface area contributed by atoms with Crippen molar-refractivity contribution in [2.24, 2.45) is 0 Å². The third-order valence-electron chi connectivity index (χ3n) is 2.89. The highest BCUT2D eigenvalue weighted by Gasteiger charge is 2.13. The number of halogens is 1. The molecule has 0 heterocycles. The highest BCUT2D eigenvalue weighted by atomic mass is 19.1. The summed E-state index contributed by atoms with van der Waals surface area (Å²) in [5.41, 5.74) is 8.38. The molecule has 0 amide bonds. The molecule has 2 N–H and O–H groups in total. The normalized spacial score (nSPS) is 10.4. The molecule has 3 heteroatoms. The molecule has 0 fully saturated rings. The maximum Gasteiger partial charge on any atom is 0.195 e. The van der Waals surface area contributed by atoms with Crippen LogP contribution in [-0.2, 0) is 0 Å². The Kier molecular flexibility index (Phi) is 3.15. The van der Waals surface area contributed by atoms with Gasteiger partial charge in [-0.1, -0.05) is 23.8 Å². The standard InChI is InChI=1S/C15H14FNO/c1-9-3-6-14(17)12(7-9)15(18)11-5-4-10(2)13(16)8-11/h3-8H,17H2,1-2H3. The van der Waals surface area contributed by atoms with E-state index < -0.39 is 0 Å². The van der Waals surface area contributed by atoms with Crippen LogP contribution in [0.1, 0.15) is 27.0 Å². The molecule has 0 aliphatic carbocycles. The lowest BCUT2D eigenvalue weighted by Gasteiger charge is -2.07. The summed E-state index contributed by atoms with van der Waals surface area (Å²) in [6, 6.07) is 9.70. The fraction of sp³-hybridized carbons (Fsp3) is 0.133. The van der Waals surface area contributed by atoms with Crippen LogP contribution < -0.4 is 5.73 Å². The first-order valence-electron chi connectivity index (χ1n) is 5.66. The monoisotopic (exact) mass is 243 g/mol. The molecule has 0 radical (unpaired) electrons. The maximum atomic E-state index is 13.5. The number of benzene rings is 2. The van der Waals surface area contributed by atoms with Crippen molar-refractivity contribution in [2.45, 2.75) is 13.8 Å². The quantitative estimate of drug-likeness (QED) is 0.650. The van der Waals surface area contributed by atoms with Crippen molar-refractivity contribution in [1.29, 1.82) is 0 Å². The van der Waals surface area contributed by atoms with E-state index in [0.717, 1.165) is 5.56 Å². The van der Waals surface area contributed by atoms with E-state index in [1.165, 1.54) is 6.07 Å². The Hall–Kier alpha value is -2.16. The van der Waals surface area contributed by atoms with E-state index in [1.54, 1.807) is 31.2 Å². The number of ketones is 1. The molecule has 0 atom stereocenters. The molecule has 92 valence electrons. The number of nitrogen functional groups attached to an aromatic ring is 1. The van der Waals surface area contributed by atoms with Crippen molar-refractivity contribution in [3.63, 3.8) is 0 Å². The summed E-state index contributed by atoms with van der Waals surface area (Å²) >= 11 is 0. The maximum absolute atomic E-state index is 13.5. The second-order valence-corrected chi connectivity index (χ2v) is 4.38. The molecule has 0 spiro atoms. The number of carbonyl (C=O) groups is 1. The van der Waals surface area contributed by atoms with Gasteiger partial charge in [-0.05, 0) is 37.6 Å². The Morgan fingerprint density at radius 2 is 1.83 bits per heavy atom. The molecule has 0 aliphatic heterocycles. The lowest BCUT2D eigenvalue weighted by Crippen LogP contribution is -2.06. The van der Waals surface area contributed by atoms with E-state index in [0.29, 0.717) is 22.4 Å². The molecule has 0 saturated carbocycles. The van der Waals surface area contributed by atoms with Gasteiger partial charge in [0.1, 0.15) is 5.82 Å². The van der Waals surface area contributed by atoms with E-state index in [-0.39, 0.29) is 11.6 Å². The molecule has 0 unspecified atom stereocenters. The third kappa shape index (κ3) is 2.25. The van der Waals surface area contributed by atoms with Gasteiger partial charge in [-0.25, -0.2) is 4.39 Å². The zero-order valence-corrected chi connectivity index (χ0v) is 10.3. The van der Waals surface area contributed by atoms with Gasteiger partial charge in [-0.15, -0.1) is 0 Å². The zero-order valence-electron chi connectivity index (χ0n) is 10.3. The van der Waals surface area contributed by atoms with Crippen LogP contribution in [0.4, 0.5) is 10.1 Å². The SMILES string of the molecule is Cc1ccc(N)c(C(=O)c2ccc(C)c(F)c2)c1. The number of hydrogen-bond donors (Lipinski definition) is 1. The third-order valence-corrected chi connectivity index (χ3v) is 2.89. The highest BCUT2D eigenvalue weighted by Crippen LogP contribution is 2.19. The van der Waals surface area contributed by atoms with Gasteiger partial charge in [0.2, 0.25) is 0 Å². The summed E-state index contributed by atoms with van der Waals surface area (Å²) in [6.07, 6.45) is 0. The number of rotatable bonds is 2. The predicted molar refractivity (Wildman–Crippen MR) is 70.2 cm³/mol. The first-order chi connectivity index (χ1) is 8.49. The van der Waals surface area contributed by atoms with Crippen LogP contribution in [0.3, 0.4) is 0 Å². The summed E-state index contributed by atoms with van der Waals surface area (Å²) in [7, 11) is 0. The fourth-order valence-electron chi connectivity index (χ4n) is 1.76. The van der Waals surface area contributed by atoms with Crippen molar-refractivity contribution < 1.29 is 9.18 Å². The van der Waals surface area contributed by atoms with Gasteiger partial charge in [-0.3, -0.25) is 4.79 Å². The Morgan fingerprint density at radius 3 is 2.50 bits per heavy atom. The van der Waals surface area contributed by atoms with E-state index in [9.17, 15) is 9.18 Å². The van der Waals surface area contributed by atoms with Gasteiger partial charge in [0.05, 0.1) is 0 Å². The van der Waals surface area contributed by atoms with E-state index in [1.807, 2.05) is 13.0 Å². The highest BCUT2D eigenvalue weighted by molar-refractivity contribution is 6.12. The van der Waals surface area contributed by atoms with E-state index >= 15 is 0 Å². The van der Waals surface area contributed by atoms with E-state index in [4.69, 9.17) is 5.73 Å². The summed E-state index contributed by atoms with van der Waals surface area (Å²) < 4.78 is 13.5. The first kappa shape index (κ1) is 12.3. The Labute approximate surface area is 105 Å². The minimum atomic E-state index is -0.382. The number of aryl methyl sites for hydroxylation is 2. The van der Waals surface area contributed by atoms with Gasteiger partial charge in [0.15, 0.2) is 5.78 Å². The minimum Gasteiger partial charge on any atom is -0.398 e. The van der Waals surface area contributed by atoms with Crippen LogP contribution in [0.15, 0.2) is 36.4 Å². The Morgan fingerprint density at radius 1 is 1.11 bits per heavy atom. The average molecular weight is 243 g/mol. The largest absolute Gasteiger partial charge is 0.398 e. The van der Waals surface area contributed by atoms with Crippen LogP contribution >= 0.6 is 0 Å². The average Bonchev–Trinajstić information content (AvgIpc) is 2.35. The summed E-state index contributed by atoms with van der Waals surface area (Å²) in [5.74, 6) is -0.637. The van der Waals surface area contributed by atoms with Crippen LogP contribution in [-0.4, -0.2) is 5.78 Å². The molecule has 2 aromatic carbocycles. The van der Waals surface area contributed by atoms with Crippen LogP contribution in [0.25, 0.3) is 0 Å². The fourth-order valence-corrected chi connectivity index (χ4v) is 1.76. The number of hydrogen-bond acceptors (Lipinski definition) is 2. The van der Waals surface area contributed by atoms with Gasteiger partial charge < -0.3 is 5.73 Å². The molecule has 2 aromatic rings. The first-order valence-corrected chi connectivity index (χ1v) is 5.66. The second-order valence-electron chi connectivity index (χ2n) is 4.38. The lowest BCUT2D eigenvalue weighted by atomic mass is 9.99.